The highest BCUT2D eigenvalue weighted by molar-refractivity contribution is 6.30. The van der Waals surface area contributed by atoms with Crippen LogP contribution >= 0.6 is 11.6 Å². The Labute approximate surface area is 143 Å². The van der Waals surface area contributed by atoms with Gasteiger partial charge in [0.1, 0.15) is 0 Å². The number of amides is 1. The van der Waals surface area contributed by atoms with Crippen LogP contribution < -0.4 is 5.43 Å². The zero-order chi connectivity index (χ0) is 17.4. The van der Waals surface area contributed by atoms with Crippen molar-refractivity contribution in [3.05, 3.63) is 80.9 Å². The van der Waals surface area contributed by atoms with E-state index in [-0.39, 0.29) is 18.0 Å². The number of benzene rings is 2. The summed E-state index contributed by atoms with van der Waals surface area (Å²) in [6.45, 7) is 0. The molecule has 122 valence electrons. The predicted molar refractivity (Wildman–Crippen MR) is 93.9 cm³/mol. The fourth-order valence-electron chi connectivity index (χ4n) is 1.84. The van der Waals surface area contributed by atoms with Crippen molar-refractivity contribution in [3.63, 3.8) is 0 Å². The Morgan fingerprint density at radius 2 is 1.83 bits per heavy atom. The van der Waals surface area contributed by atoms with Crippen molar-refractivity contribution >= 4 is 35.5 Å². The van der Waals surface area contributed by atoms with Crippen LogP contribution in [0.25, 0.3) is 6.08 Å². The van der Waals surface area contributed by atoms with E-state index in [1.807, 2.05) is 0 Å². The molecule has 0 heterocycles. The van der Waals surface area contributed by atoms with E-state index in [1.165, 1.54) is 18.3 Å². The summed E-state index contributed by atoms with van der Waals surface area (Å²) in [5, 5.41) is 15.0. The molecule has 6 nitrogen and oxygen atoms in total. The number of nitrogens with zero attached hydrogens (tertiary/aromatic N) is 2. The summed E-state index contributed by atoms with van der Waals surface area (Å²) in [6, 6.07) is 13.1. The fourth-order valence-corrected chi connectivity index (χ4v) is 1.97. The molecule has 7 heteroatoms. The van der Waals surface area contributed by atoms with E-state index in [0.29, 0.717) is 5.02 Å². The first kappa shape index (κ1) is 17.4. The van der Waals surface area contributed by atoms with Gasteiger partial charge in [-0.05, 0) is 41.5 Å². The van der Waals surface area contributed by atoms with Crippen LogP contribution in [0.2, 0.25) is 5.02 Å². The molecule has 1 amide bonds. The Morgan fingerprint density at radius 1 is 1.17 bits per heavy atom. The number of hydrazone groups is 1. The molecule has 0 bridgehead atoms. The number of nitro benzene ring substituents is 1. The van der Waals surface area contributed by atoms with Crippen LogP contribution in [0.15, 0.2) is 59.7 Å². The quantitative estimate of drug-likeness (QED) is 0.494. The molecule has 0 spiro atoms. The summed E-state index contributed by atoms with van der Waals surface area (Å²) >= 11 is 5.78. The van der Waals surface area contributed by atoms with Gasteiger partial charge in [0, 0.05) is 23.4 Å². The molecule has 0 aromatic heterocycles. The molecule has 0 unspecified atom stereocenters. The van der Waals surface area contributed by atoms with Crippen molar-refractivity contribution < 1.29 is 9.72 Å². The van der Waals surface area contributed by atoms with Gasteiger partial charge >= 0.3 is 0 Å². The summed E-state index contributed by atoms with van der Waals surface area (Å²) in [6.07, 6.45) is 4.99. The summed E-state index contributed by atoms with van der Waals surface area (Å²) in [5.74, 6) is -0.239. The van der Waals surface area contributed by atoms with E-state index in [2.05, 4.69) is 10.5 Å². The number of non-ortho nitro benzene ring substituents is 1. The highest BCUT2D eigenvalue weighted by atomic mass is 35.5. The zero-order valence-electron chi connectivity index (χ0n) is 12.6. The Bertz CT molecular complexity index is 769. The maximum atomic E-state index is 11.7. The molecule has 2 aromatic rings. The van der Waals surface area contributed by atoms with Crippen LogP contribution in [0.5, 0.6) is 0 Å². The molecule has 0 saturated heterocycles. The monoisotopic (exact) mass is 343 g/mol. The van der Waals surface area contributed by atoms with E-state index in [1.54, 1.807) is 48.6 Å². The summed E-state index contributed by atoms with van der Waals surface area (Å²) in [4.78, 5) is 21.8. The zero-order valence-corrected chi connectivity index (χ0v) is 13.3. The topological polar surface area (TPSA) is 84.6 Å². The van der Waals surface area contributed by atoms with Crippen LogP contribution in [0.3, 0.4) is 0 Å². The van der Waals surface area contributed by atoms with Gasteiger partial charge in [-0.2, -0.15) is 5.10 Å². The highest BCUT2D eigenvalue weighted by Crippen LogP contribution is 2.12. The van der Waals surface area contributed by atoms with Gasteiger partial charge in [0.2, 0.25) is 5.91 Å². The minimum atomic E-state index is -0.453. The molecule has 2 aromatic carbocycles. The van der Waals surface area contributed by atoms with Gasteiger partial charge in [-0.3, -0.25) is 14.9 Å². The molecule has 1 N–H and O–H groups in total. The second-order valence-electron chi connectivity index (χ2n) is 4.82. The smallest absolute Gasteiger partial charge is 0.269 e. The maximum absolute atomic E-state index is 11.7. The number of carbonyl (C=O) groups is 1. The second kappa shape index (κ2) is 8.59. The lowest BCUT2D eigenvalue weighted by Gasteiger charge is -2.00. The van der Waals surface area contributed by atoms with Crippen molar-refractivity contribution in [2.45, 2.75) is 6.42 Å². The van der Waals surface area contributed by atoms with E-state index in [9.17, 15) is 14.9 Å². The summed E-state index contributed by atoms with van der Waals surface area (Å²) < 4.78 is 0. The van der Waals surface area contributed by atoms with Crippen LogP contribution in [0, 0.1) is 10.1 Å². The lowest BCUT2D eigenvalue weighted by atomic mass is 10.1. The Morgan fingerprint density at radius 3 is 2.46 bits per heavy atom. The molecule has 0 aliphatic carbocycles. The molecule has 0 aliphatic heterocycles. The van der Waals surface area contributed by atoms with E-state index >= 15 is 0 Å². The van der Waals surface area contributed by atoms with E-state index in [4.69, 9.17) is 11.6 Å². The largest absolute Gasteiger partial charge is 0.273 e. The van der Waals surface area contributed by atoms with Crippen molar-refractivity contribution in [1.29, 1.82) is 0 Å². The van der Waals surface area contributed by atoms with Crippen molar-refractivity contribution in [2.24, 2.45) is 5.10 Å². The molecular weight excluding hydrogens is 330 g/mol. The predicted octanol–water partition coefficient (Wildman–Crippen LogP) is 3.61. The fraction of sp³-hybridized carbons (Fsp3) is 0.0588. The van der Waals surface area contributed by atoms with Crippen molar-refractivity contribution in [3.8, 4) is 0 Å². The lowest BCUT2D eigenvalue weighted by Crippen LogP contribution is -2.19. The lowest BCUT2D eigenvalue weighted by molar-refractivity contribution is -0.384. The SMILES string of the molecule is O=C(Cc1ccc(Cl)cc1)NN=C/C=C/c1ccc([N+](=O)[O-])cc1. The van der Waals surface area contributed by atoms with Gasteiger partial charge in [-0.15, -0.1) is 0 Å². The minimum absolute atomic E-state index is 0.0373. The maximum Gasteiger partial charge on any atom is 0.269 e. The summed E-state index contributed by atoms with van der Waals surface area (Å²) in [7, 11) is 0. The molecular formula is C17H14ClN3O3. The minimum Gasteiger partial charge on any atom is -0.273 e. The highest BCUT2D eigenvalue weighted by Gasteiger charge is 2.02. The van der Waals surface area contributed by atoms with E-state index in [0.717, 1.165) is 11.1 Å². The average Bonchev–Trinajstić information content (AvgIpc) is 2.57. The second-order valence-corrected chi connectivity index (χ2v) is 5.26. The number of nitrogens with one attached hydrogen (secondary N) is 1. The molecule has 24 heavy (non-hydrogen) atoms. The molecule has 0 fully saturated rings. The molecule has 2 rings (SSSR count). The van der Waals surface area contributed by atoms with Gasteiger partial charge < -0.3 is 0 Å². The van der Waals surface area contributed by atoms with Crippen LogP contribution in [-0.2, 0) is 11.2 Å². The van der Waals surface area contributed by atoms with Gasteiger partial charge in [-0.25, -0.2) is 5.43 Å². The van der Waals surface area contributed by atoms with Crippen molar-refractivity contribution in [2.75, 3.05) is 0 Å². The number of hydrogen-bond acceptors (Lipinski definition) is 4. The average molecular weight is 344 g/mol. The Hall–Kier alpha value is -2.99. The standard InChI is InChI=1S/C17H14ClN3O3/c18-15-7-3-14(4-8-15)12-17(22)20-19-11-1-2-13-5-9-16(10-6-13)21(23)24/h1-11H,12H2,(H,20,22)/b2-1+,19-11?. The number of allylic oxidation sites excluding steroid dienone is 1. The van der Waals surface area contributed by atoms with Gasteiger partial charge in [0.15, 0.2) is 0 Å². The third-order valence-corrected chi connectivity index (χ3v) is 3.27. The van der Waals surface area contributed by atoms with Gasteiger partial charge in [-0.1, -0.05) is 29.8 Å². The van der Waals surface area contributed by atoms with Crippen LogP contribution in [-0.4, -0.2) is 17.0 Å². The number of hydrogen-bond donors (Lipinski definition) is 1. The van der Waals surface area contributed by atoms with E-state index < -0.39 is 4.92 Å². The Balaban J connectivity index is 1.80. The van der Waals surface area contributed by atoms with Crippen LogP contribution in [0.4, 0.5) is 5.69 Å². The third kappa shape index (κ3) is 5.66. The first-order chi connectivity index (χ1) is 11.5. The summed E-state index contributed by atoms with van der Waals surface area (Å²) in [5.41, 5.74) is 4.08. The first-order valence-corrected chi connectivity index (χ1v) is 7.40. The molecule has 0 aliphatic rings. The first-order valence-electron chi connectivity index (χ1n) is 7.02. The number of nitro groups is 1. The van der Waals surface area contributed by atoms with Gasteiger partial charge in [0.25, 0.3) is 5.69 Å². The third-order valence-electron chi connectivity index (χ3n) is 3.02. The number of carbonyl (C=O) groups excluding carboxylic acids is 1. The number of halogens is 1. The van der Waals surface area contributed by atoms with Crippen molar-refractivity contribution in [1.82, 2.24) is 5.43 Å². The van der Waals surface area contributed by atoms with Crippen LogP contribution in [0.1, 0.15) is 11.1 Å². The molecule has 0 radical (unpaired) electrons. The normalized spacial score (nSPS) is 11.0. The van der Waals surface area contributed by atoms with Gasteiger partial charge in [0.05, 0.1) is 11.3 Å². The molecule has 0 saturated carbocycles. The molecule has 0 atom stereocenters. The number of rotatable bonds is 6. The Kier molecular flexibility index (Phi) is 6.22.